The monoisotopic (exact) mass is 250 g/mol. The Bertz CT molecular complexity index is 366. The summed E-state index contributed by atoms with van der Waals surface area (Å²) in [6.45, 7) is 9.22. The molecule has 0 fully saturated rings. The molecule has 0 radical (unpaired) electrons. The maximum atomic E-state index is 5.58. The number of nitrogens with zero attached hydrogens (tertiary/aromatic N) is 2. The van der Waals surface area contributed by atoms with Gasteiger partial charge in [0.15, 0.2) is 0 Å². The molecule has 1 aliphatic rings. The quantitative estimate of drug-likeness (QED) is 0.718. The summed E-state index contributed by atoms with van der Waals surface area (Å²) in [5.41, 5.74) is 0. The van der Waals surface area contributed by atoms with Gasteiger partial charge in [-0.2, -0.15) is 0 Å². The van der Waals surface area contributed by atoms with Crippen LogP contribution in [0.1, 0.15) is 34.1 Å². The molecule has 0 aromatic carbocycles. The number of ether oxygens (including phenoxy) is 2. The molecule has 0 saturated carbocycles. The van der Waals surface area contributed by atoms with Crippen molar-refractivity contribution < 1.29 is 9.47 Å². The second kappa shape index (κ2) is 7.05. The SMILES string of the molecule is C#CC[C@@H]1N=C(OCC)[C@@H](C(C)C)N=C1OCC. The number of hydrogen-bond acceptors (Lipinski definition) is 4. The van der Waals surface area contributed by atoms with Crippen molar-refractivity contribution in [1.29, 1.82) is 0 Å². The molecule has 100 valence electrons. The van der Waals surface area contributed by atoms with Crippen LogP contribution in [0.3, 0.4) is 0 Å². The van der Waals surface area contributed by atoms with E-state index in [-0.39, 0.29) is 12.1 Å². The summed E-state index contributed by atoms with van der Waals surface area (Å²) in [7, 11) is 0. The first kappa shape index (κ1) is 14.6. The Hall–Kier alpha value is -1.50. The van der Waals surface area contributed by atoms with Crippen LogP contribution in [0.5, 0.6) is 0 Å². The first-order valence-corrected chi connectivity index (χ1v) is 6.48. The standard InChI is InChI=1S/C14H22N2O2/c1-6-9-11-13(17-7-2)16-12(10(4)5)14(15-11)18-8-3/h1,10-12H,7-9H2,2-5H3/t11-,12+/m0/s1. The molecule has 0 N–H and O–H groups in total. The lowest BCUT2D eigenvalue weighted by Crippen LogP contribution is -2.38. The zero-order valence-electron chi connectivity index (χ0n) is 11.6. The summed E-state index contributed by atoms with van der Waals surface area (Å²) in [6, 6.07) is -0.271. The van der Waals surface area contributed by atoms with E-state index in [0.717, 1.165) is 0 Å². The molecule has 0 unspecified atom stereocenters. The fourth-order valence-electron chi connectivity index (χ4n) is 1.79. The second-order valence-electron chi connectivity index (χ2n) is 4.41. The van der Waals surface area contributed by atoms with Crippen molar-refractivity contribution in [3.63, 3.8) is 0 Å². The lowest BCUT2D eigenvalue weighted by Gasteiger charge is -2.27. The van der Waals surface area contributed by atoms with E-state index in [1.54, 1.807) is 0 Å². The van der Waals surface area contributed by atoms with E-state index < -0.39 is 0 Å². The molecule has 0 amide bonds. The molecule has 0 bridgehead atoms. The van der Waals surface area contributed by atoms with Gasteiger partial charge >= 0.3 is 0 Å². The molecule has 0 spiro atoms. The third kappa shape index (κ3) is 3.49. The summed E-state index contributed by atoms with van der Waals surface area (Å²) in [5, 5.41) is 0. The highest BCUT2D eigenvalue weighted by Gasteiger charge is 2.30. The van der Waals surface area contributed by atoms with Crippen LogP contribution in [0, 0.1) is 18.3 Å². The third-order valence-corrected chi connectivity index (χ3v) is 2.61. The fourth-order valence-corrected chi connectivity index (χ4v) is 1.79. The average molecular weight is 250 g/mol. The van der Waals surface area contributed by atoms with Crippen LogP contribution in [-0.2, 0) is 9.47 Å². The first-order valence-electron chi connectivity index (χ1n) is 6.48. The Kier molecular flexibility index (Phi) is 5.70. The largest absolute Gasteiger partial charge is 0.480 e. The molecule has 1 rings (SSSR count). The van der Waals surface area contributed by atoms with Gasteiger partial charge in [0.25, 0.3) is 0 Å². The number of hydrogen-bond donors (Lipinski definition) is 0. The highest BCUT2D eigenvalue weighted by atomic mass is 16.5. The predicted octanol–water partition coefficient (Wildman–Crippen LogP) is 2.29. The minimum absolute atomic E-state index is 0.0690. The van der Waals surface area contributed by atoms with Gasteiger partial charge in [0.2, 0.25) is 11.8 Å². The van der Waals surface area contributed by atoms with E-state index in [4.69, 9.17) is 15.9 Å². The molecule has 18 heavy (non-hydrogen) atoms. The molecule has 1 aliphatic heterocycles. The van der Waals surface area contributed by atoms with Crippen LogP contribution in [0.25, 0.3) is 0 Å². The smallest absolute Gasteiger partial charge is 0.210 e. The van der Waals surface area contributed by atoms with Gasteiger partial charge in [0, 0.05) is 6.42 Å². The summed E-state index contributed by atoms with van der Waals surface area (Å²) >= 11 is 0. The van der Waals surface area contributed by atoms with E-state index in [0.29, 0.717) is 37.3 Å². The molecule has 4 heteroatoms. The Morgan fingerprint density at radius 3 is 2.28 bits per heavy atom. The van der Waals surface area contributed by atoms with Crippen LogP contribution < -0.4 is 0 Å². The normalized spacial score (nSPS) is 23.1. The van der Waals surface area contributed by atoms with Crippen molar-refractivity contribution in [1.82, 2.24) is 0 Å². The summed E-state index contributed by atoms with van der Waals surface area (Å²) in [4.78, 5) is 9.17. The van der Waals surface area contributed by atoms with E-state index in [2.05, 4.69) is 29.8 Å². The molecule has 0 saturated heterocycles. The third-order valence-electron chi connectivity index (χ3n) is 2.61. The lowest BCUT2D eigenvalue weighted by molar-refractivity contribution is 0.276. The zero-order chi connectivity index (χ0) is 13.5. The van der Waals surface area contributed by atoms with E-state index in [1.165, 1.54) is 0 Å². The Balaban J connectivity index is 2.98. The molecule has 0 aliphatic carbocycles. The fraction of sp³-hybridized carbons (Fsp3) is 0.714. The van der Waals surface area contributed by atoms with Crippen molar-refractivity contribution in [2.75, 3.05) is 13.2 Å². The lowest BCUT2D eigenvalue weighted by atomic mass is 10.0. The van der Waals surface area contributed by atoms with Crippen LogP contribution in [0.15, 0.2) is 9.98 Å². The van der Waals surface area contributed by atoms with Gasteiger partial charge in [-0.3, -0.25) is 0 Å². The van der Waals surface area contributed by atoms with Crippen LogP contribution in [0.2, 0.25) is 0 Å². The molecule has 0 aromatic heterocycles. The topological polar surface area (TPSA) is 43.2 Å². The molecular weight excluding hydrogens is 228 g/mol. The molecule has 0 aromatic rings. The van der Waals surface area contributed by atoms with Crippen LogP contribution in [-0.4, -0.2) is 37.1 Å². The second-order valence-corrected chi connectivity index (χ2v) is 4.41. The van der Waals surface area contributed by atoms with E-state index in [1.807, 2.05) is 13.8 Å². The van der Waals surface area contributed by atoms with Crippen molar-refractivity contribution in [2.24, 2.45) is 15.9 Å². The molecule has 4 nitrogen and oxygen atoms in total. The minimum atomic E-state index is -0.202. The maximum Gasteiger partial charge on any atom is 0.210 e. The van der Waals surface area contributed by atoms with Gasteiger partial charge in [0.1, 0.15) is 12.1 Å². The van der Waals surface area contributed by atoms with Gasteiger partial charge in [-0.25, -0.2) is 9.98 Å². The van der Waals surface area contributed by atoms with Crippen molar-refractivity contribution in [3.05, 3.63) is 0 Å². The maximum absolute atomic E-state index is 5.58. The van der Waals surface area contributed by atoms with Crippen molar-refractivity contribution >= 4 is 11.8 Å². The Morgan fingerprint density at radius 1 is 1.17 bits per heavy atom. The van der Waals surface area contributed by atoms with Crippen molar-refractivity contribution in [3.8, 4) is 12.3 Å². The summed E-state index contributed by atoms with van der Waals surface area (Å²) in [6.07, 6.45) is 5.85. The van der Waals surface area contributed by atoms with Crippen molar-refractivity contribution in [2.45, 2.75) is 46.2 Å². The average Bonchev–Trinajstić information content (AvgIpc) is 2.32. The summed E-state index contributed by atoms with van der Waals surface area (Å²) in [5.74, 6) is 4.24. The predicted molar refractivity (Wildman–Crippen MR) is 74.0 cm³/mol. The van der Waals surface area contributed by atoms with Gasteiger partial charge in [-0.05, 0) is 19.8 Å². The van der Waals surface area contributed by atoms with E-state index >= 15 is 0 Å². The van der Waals surface area contributed by atoms with E-state index in [9.17, 15) is 0 Å². The highest BCUT2D eigenvalue weighted by molar-refractivity contribution is 5.94. The Labute approximate surface area is 109 Å². The van der Waals surface area contributed by atoms with Gasteiger partial charge < -0.3 is 9.47 Å². The van der Waals surface area contributed by atoms with Gasteiger partial charge in [-0.1, -0.05) is 13.8 Å². The first-order chi connectivity index (χ1) is 8.63. The van der Waals surface area contributed by atoms with Gasteiger partial charge in [0.05, 0.1) is 13.2 Å². The molecular formula is C14H22N2O2. The molecule has 2 atom stereocenters. The molecule has 1 heterocycles. The van der Waals surface area contributed by atoms with Gasteiger partial charge in [-0.15, -0.1) is 12.3 Å². The van der Waals surface area contributed by atoms with Crippen LogP contribution >= 0.6 is 0 Å². The summed E-state index contributed by atoms with van der Waals surface area (Å²) < 4.78 is 11.1. The Morgan fingerprint density at radius 2 is 1.78 bits per heavy atom. The number of aliphatic imine (C=N–C) groups is 2. The van der Waals surface area contributed by atoms with Crippen LogP contribution in [0.4, 0.5) is 0 Å². The number of rotatable bonds is 4. The highest BCUT2D eigenvalue weighted by Crippen LogP contribution is 2.19. The minimum Gasteiger partial charge on any atom is -0.480 e. The zero-order valence-corrected chi connectivity index (χ0v) is 11.6. The number of terminal acetylenes is 1.